The number of ketones is 1. The van der Waals surface area contributed by atoms with Crippen molar-refractivity contribution in [3.05, 3.63) is 45.5 Å². The van der Waals surface area contributed by atoms with E-state index in [0.717, 1.165) is 21.8 Å². The Morgan fingerprint density at radius 2 is 1.91 bits per heavy atom. The molecule has 0 aliphatic carbocycles. The number of hydrogen-bond donors (Lipinski definition) is 2. The summed E-state index contributed by atoms with van der Waals surface area (Å²) in [5.74, 6) is -1.77. The van der Waals surface area contributed by atoms with Crippen LogP contribution in [-0.4, -0.2) is 45.3 Å². The average Bonchev–Trinajstić information content (AvgIpc) is 3.18. The number of ether oxygens (including phenoxy) is 1. The zero-order valence-corrected chi connectivity index (χ0v) is 22.2. The number of carbonyl (C=O) groups is 2. The molecule has 2 heterocycles. The fraction of sp³-hybridized carbons (Fsp3) is 0.593. The van der Waals surface area contributed by atoms with Crippen LogP contribution >= 0.6 is 11.3 Å². The van der Waals surface area contributed by atoms with Crippen molar-refractivity contribution in [1.82, 2.24) is 4.98 Å². The van der Waals surface area contributed by atoms with E-state index in [1.54, 1.807) is 32.1 Å². The highest BCUT2D eigenvalue weighted by molar-refractivity contribution is 7.09. The van der Waals surface area contributed by atoms with E-state index >= 15 is 0 Å². The van der Waals surface area contributed by atoms with E-state index < -0.39 is 35.6 Å². The Kier molecular flexibility index (Phi) is 9.97. The molecule has 1 aromatic rings. The summed E-state index contributed by atoms with van der Waals surface area (Å²) in [6, 6.07) is 0. The van der Waals surface area contributed by atoms with Crippen LogP contribution in [0.3, 0.4) is 0 Å². The van der Waals surface area contributed by atoms with Crippen molar-refractivity contribution in [2.24, 2.45) is 17.3 Å². The summed E-state index contributed by atoms with van der Waals surface area (Å²) in [5.41, 5.74) is 1.57. The Balaban J connectivity index is 2.37. The molecule has 0 amide bonds. The minimum absolute atomic E-state index is 0.225. The summed E-state index contributed by atoms with van der Waals surface area (Å²) in [4.78, 5) is 30.4. The lowest BCUT2D eigenvalue weighted by atomic mass is 9.73. The van der Waals surface area contributed by atoms with Crippen LogP contribution in [0.4, 0.5) is 0 Å². The van der Waals surface area contributed by atoms with Gasteiger partial charge in [-0.2, -0.15) is 0 Å². The first-order valence-corrected chi connectivity index (χ1v) is 12.7. The van der Waals surface area contributed by atoms with Crippen LogP contribution in [0.1, 0.15) is 71.5 Å². The molecule has 0 bridgehead atoms. The van der Waals surface area contributed by atoms with Gasteiger partial charge in [0.15, 0.2) is 0 Å². The average molecular weight is 490 g/mol. The molecular weight excluding hydrogens is 450 g/mol. The molecule has 1 aromatic heterocycles. The van der Waals surface area contributed by atoms with Gasteiger partial charge < -0.3 is 14.9 Å². The van der Waals surface area contributed by atoms with Crippen molar-refractivity contribution in [3.8, 4) is 0 Å². The van der Waals surface area contributed by atoms with Gasteiger partial charge in [0.25, 0.3) is 0 Å². The Morgan fingerprint density at radius 3 is 2.53 bits per heavy atom. The minimum Gasteiger partial charge on any atom is -0.457 e. The second-order valence-electron chi connectivity index (χ2n) is 10.0. The zero-order chi connectivity index (χ0) is 25.6. The number of aliphatic hydroxyl groups excluding tert-OH is 2. The van der Waals surface area contributed by atoms with Crippen LogP contribution in [0, 0.1) is 24.2 Å². The summed E-state index contributed by atoms with van der Waals surface area (Å²) in [7, 11) is 0. The van der Waals surface area contributed by atoms with Gasteiger partial charge in [0.1, 0.15) is 11.9 Å². The number of aryl methyl sites for hydroxylation is 1. The van der Waals surface area contributed by atoms with Crippen LogP contribution in [0.15, 0.2) is 34.8 Å². The summed E-state index contributed by atoms with van der Waals surface area (Å²) in [6.45, 7) is 12.6. The second kappa shape index (κ2) is 12.0. The maximum atomic E-state index is 13.1. The topological polar surface area (TPSA) is 96.7 Å². The molecule has 34 heavy (non-hydrogen) atoms. The number of aliphatic hydroxyl groups is 2. The molecule has 188 valence electrons. The third kappa shape index (κ3) is 7.45. The van der Waals surface area contributed by atoms with Crippen molar-refractivity contribution in [2.75, 3.05) is 0 Å². The van der Waals surface area contributed by atoms with Gasteiger partial charge in [0.05, 0.1) is 34.7 Å². The lowest BCUT2D eigenvalue weighted by molar-refractivity contribution is -0.154. The zero-order valence-electron chi connectivity index (χ0n) is 21.4. The first-order valence-electron chi connectivity index (χ1n) is 11.9. The molecule has 2 rings (SSSR count). The Bertz CT molecular complexity index is 958. The minimum atomic E-state index is -1.23. The molecule has 1 aliphatic heterocycles. The molecule has 0 saturated carbocycles. The predicted octanol–water partition coefficient (Wildman–Crippen LogP) is 5.04. The van der Waals surface area contributed by atoms with E-state index in [4.69, 9.17) is 4.74 Å². The molecule has 0 spiro atoms. The summed E-state index contributed by atoms with van der Waals surface area (Å²) >= 11 is 1.56. The van der Waals surface area contributed by atoms with Crippen LogP contribution in [0.2, 0.25) is 0 Å². The molecule has 0 fully saturated rings. The van der Waals surface area contributed by atoms with E-state index in [0.29, 0.717) is 12.8 Å². The van der Waals surface area contributed by atoms with Crippen LogP contribution in [0.25, 0.3) is 6.08 Å². The third-order valence-electron chi connectivity index (χ3n) is 6.65. The molecule has 7 heteroatoms. The van der Waals surface area contributed by atoms with Crippen LogP contribution < -0.4 is 0 Å². The van der Waals surface area contributed by atoms with Gasteiger partial charge in [-0.25, -0.2) is 4.98 Å². The third-order valence-corrected chi connectivity index (χ3v) is 7.44. The summed E-state index contributed by atoms with van der Waals surface area (Å²) in [6.07, 6.45) is 6.13. The Morgan fingerprint density at radius 1 is 1.24 bits per heavy atom. The number of hydrogen-bond acceptors (Lipinski definition) is 7. The van der Waals surface area contributed by atoms with Crippen LogP contribution in [-0.2, 0) is 14.3 Å². The maximum Gasteiger partial charge on any atom is 0.309 e. The smallest absolute Gasteiger partial charge is 0.309 e. The molecule has 0 radical (unpaired) electrons. The van der Waals surface area contributed by atoms with Crippen molar-refractivity contribution >= 4 is 29.2 Å². The lowest BCUT2D eigenvalue weighted by Crippen LogP contribution is -2.45. The largest absolute Gasteiger partial charge is 0.457 e. The van der Waals surface area contributed by atoms with Crippen molar-refractivity contribution < 1.29 is 24.5 Å². The van der Waals surface area contributed by atoms with Gasteiger partial charge in [-0.15, -0.1) is 11.3 Å². The molecule has 2 N–H and O–H groups in total. The Hall–Kier alpha value is -2.09. The normalized spacial score (nSPS) is 30.1. The van der Waals surface area contributed by atoms with Gasteiger partial charge in [0, 0.05) is 23.6 Å². The first-order chi connectivity index (χ1) is 15.8. The molecular formula is C27H39NO5S. The molecule has 6 nitrogen and oxygen atoms in total. The number of cyclic esters (lactones) is 1. The maximum absolute atomic E-state index is 13.1. The quantitative estimate of drug-likeness (QED) is 0.446. The highest BCUT2D eigenvalue weighted by atomic mass is 32.1. The van der Waals surface area contributed by atoms with Gasteiger partial charge in [0.2, 0.25) is 0 Å². The predicted molar refractivity (Wildman–Crippen MR) is 136 cm³/mol. The number of carbonyl (C=O) groups excluding carboxylic acids is 2. The molecule has 5 atom stereocenters. The van der Waals surface area contributed by atoms with Gasteiger partial charge in [-0.3, -0.25) is 9.59 Å². The molecule has 0 saturated heterocycles. The van der Waals surface area contributed by atoms with E-state index in [2.05, 4.69) is 4.98 Å². The second-order valence-corrected chi connectivity index (χ2v) is 11.1. The number of aromatic nitrogens is 1. The summed E-state index contributed by atoms with van der Waals surface area (Å²) < 4.78 is 5.79. The lowest BCUT2D eigenvalue weighted by Gasteiger charge is -2.34. The molecule has 1 unspecified atom stereocenters. The number of esters is 1. The highest BCUT2D eigenvalue weighted by Gasteiger charge is 2.42. The van der Waals surface area contributed by atoms with Crippen molar-refractivity contribution in [1.29, 1.82) is 0 Å². The van der Waals surface area contributed by atoms with Gasteiger partial charge in [-0.1, -0.05) is 51.5 Å². The van der Waals surface area contributed by atoms with Crippen molar-refractivity contribution in [2.45, 2.75) is 86.0 Å². The fourth-order valence-corrected chi connectivity index (χ4v) is 4.62. The fourth-order valence-electron chi connectivity index (χ4n) is 4.05. The standard InChI is InChI=1S/C27H39NO5S/c1-16-9-8-10-17(2)25(31)19(4)26(32)27(6,7)23(29)14-24(30)33-22(12-11-16)18(3)13-21-15-34-20(5)28-21/h8,10-11,13,15,17,19,22-23,25,29,31H,9,12,14H2,1-7H3/t17-,19?,22-,23-,25-/m0/s1. The van der Waals surface area contributed by atoms with E-state index in [1.165, 1.54) is 0 Å². The monoisotopic (exact) mass is 489 g/mol. The number of nitrogens with zero attached hydrogens (tertiary/aromatic N) is 1. The van der Waals surface area contributed by atoms with Crippen molar-refractivity contribution in [3.63, 3.8) is 0 Å². The molecule has 1 aliphatic rings. The van der Waals surface area contributed by atoms with E-state index in [1.807, 2.05) is 57.4 Å². The van der Waals surface area contributed by atoms with Gasteiger partial charge in [-0.05, 0) is 38.8 Å². The number of allylic oxidation sites excluding steroid dienone is 2. The first kappa shape index (κ1) is 28.1. The SMILES string of the molecule is CC1=CC[C@@H](C(C)=Cc2csc(C)n2)OC(=O)C[C@H](O)C(C)(C)C(=O)C(C)[C@@H](O)[C@@H](C)C=CC1. The van der Waals surface area contributed by atoms with E-state index in [-0.39, 0.29) is 18.1 Å². The number of thiazole rings is 1. The summed E-state index contributed by atoms with van der Waals surface area (Å²) in [5, 5.41) is 24.4. The molecule has 0 aromatic carbocycles. The van der Waals surface area contributed by atoms with E-state index in [9.17, 15) is 19.8 Å². The number of rotatable bonds is 2. The highest BCUT2D eigenvalue weighted by Crippen LogP contribution is 2.31. The van der Waals surface area contributed by atoms with Crippen LogP contribution in [0.5, 0.6) is 0 Å². The number of Topliss-reactive ketones (excluding diaryl/α,β-unsaturated/α-hetero) is 1. The van der Waals surface area contributed by atoms with Gasteiger partial charge >= 0.3 is 5.97 Å². The Labute approximate surface area is 207 Å².